The molecule has 0 saturated carbocycles. The van der Waals surface area contributed by atoms with Gasteiger partial charge < -0.3 is 14.5 Å². The maximum Gasteiger partial charge on any atom is 0.340 e. The number of hydrogen-bond acceptors (Lipinski definition) is 4. The summed E-state index contributed by atoms with van der Waals surface area (Å²) in [4.78, 5) is 24.4. The lowest BCUT2D eigenvalue weighted by atomic mass is 10.0. The molecule has 0 aliphatic rings. The number of anilines is 1. The summed E-state index contributed by atoms with van der Waals surface area (Å²) in [6, 6.07) is 7.84. The van der Waals surface area contributed by atoms with E-state index in [0.717, 1.165) is 12.1 Å². The Bertz CT molecular complexity index is 1060. The highest BCUT2D eigenvalue weighted by atomic mass is 19.1. The predicted octanol–water partition coefficient (Wildman–Crippen LogP) is 3.57. The van der Waals surface area contributed by atoms with Gasteiger partial charge in [0.1, 0.15) is 23.0 Å². The standard InChI is InChI=1S/C19H15F2NO4/c1-10-13-5-4-12(25-2)8-17(13)26-19(24)14(10)9-18(23)22-16-6-3-11(20)7-15(16)21/h3-8H,9H2,1-2H3,(H,22,23). The summed E-state index contributed by atoms with van der Waals surface area (Å²) in [7, 11) is 1.50. The van der Waals surface area contributed by atoms with Crippen LogP contribution in [0.25, 0.3) is 11.0 Å². The minimum atomic E-state index is -0.896. The Labute approximate surface area is 147 Å². The molecule has 7 heteroatoms. The number of methoxy groups -OCH3 is 1. The summed E-state index contributed by atoms with van der Waals surface area (Å²) >= 11 is 0. The van der Waals surface area contributed by atoms with Crippen LogP contribution in [-0.2, 0) is 11.2 Å². The molecule has 0 atom stereocenters. The molecule has 26 heavy (non-hydrogen) atoms. The number of benzene rings is 2. The molecule has 0 bridgehead atoms. The summed E-state index contributed by atoms with van der Waals surface area (Å²) in [5.41, 5.74) is 0.291. The maximum absolute atomic E-state index is 13.6. The largest absolute Gasteiger partial charge is 0.497 e. The molecule has 134 valence electrons. The third kappa shape index (κ3) is 3.42. The van der Waals surface area contributed by atoms with Crippen LogP contribution in [0, 0.1) is 18.6 Å². The minimum Gasteiger partial charge on any atom is -0.497 e. The van der Waals surface area contributed by atoms with Crippen molar-refractivity contribution in [2.45, 2.75) is 13.3 Å². The molecule has 0 fully saturated rings. The van der Waals surface area contributed by atoms with E-state index in [4.69, 9.17) is 9.15 Å². The number of rotatable bonds is 4. The van der Waals surface area contributed by atoms with Gasteiger partial charge in [-0.25, -0.2) is 13.6 Å². The van der Waals surface area contributed by atoms with E-state index in [1.165, 1.54) is 7.11 Å². The molecule has 0 aliphatic carbocycles. The summed E-state index contributed by atoms with van der Waals surface area (Å²) in [6.07, 6.45) is -0.299. The monoisotopic (exact) mass is 359 g/mol. The fourth-order valence-corrected chi connectivity index (χ4v) is 2.65. The summed E-state index contributed by atoms with van der Waals surface area (Å²) in [5, 5.41) is 2.99. The van der Waals surface area contributed by atoms with Crippen LogP contribution in [0.5, 0.6) is 5.75 Å². The lowest BCUT2D eigenvalue weighted by Gasteiger charge is -2.10. The molecular formula is C19H15F2NO4. The topological polar surface area (TPSA) is 68.5 Å². The van der Waals surface area contributed by atoms with Crippen molar-refractivity contribution in [1.29, 1.82) is 0 Å². The zero-order valence-electron chi connectivity index (χ0n) is 14.1. The first-order valence-corrected chi connectivity index (χ1v) is 7.74. The molecule has 3 rings (SSSR count). The SMILES string of the molecule is COc1ccc2c(C)c(CC(=O)Nc3ccc(F)cc3F)c(=O)oc2c1. The summed E-state index contributed by atoms with van der Waals surface area (Å²) in [6.45, 7) is 1.70. The normalized spacial score (nSPS) is 10.8. The number of carbonyl (C=O) groups is 1. The third-order valence-electron chi connectivity index (χ3n) is 4.04. The molecule has 3 aromatic rings. The van der Waals surface area contributed by atoms with E-state index in [1.807, 2.05) is 0 Å². The molecule has 0 spiro atoms. The molecule has 1 heterocycles. The van der Waals surface area contributed by atoms with Crippen molar-refractivity contribution in [1.82, 2.24) is 0 Å². The van der Waals surface area contributed by atoms with Gasteiger partial charge in [-0.15, -0.1) is 0 Å². The Morgan fingerprint density at radius 1 is 1.19 bits per heavy atom. The van der Waals surface area contributed by atoms with Crippen LogP contribution >= 0.6 is 0 Å². The number of carbonyl (C=O) groups excluding carboxylic acids is 1. The van der Waals surface area contributed by atoms with Crippen LogP contribution in [0.2, 0.25) is 0 Å². The van der Waals surface area contributed by atoms with Crippen LogP contribution in [0.15, 0.2) is 45.6 Å². The van der Waals surface area contributed by atoms with Crippen LogP contribution in [0.1, 0.15) is 11.1 Å². The van der Waals surface area contributed by atoms with E-state index in [9.17, 15) is 18.4 Å². The number of aryl methyl sites for hydroxylation is 1. The number of amides is 1. The van der Waals surface area contributed by atoms with Gasteiger partial charge in [0.05, 0.1) is 24.8 Å². The molecule has 1 N–H and O–H groups in total. The van der Waals surface area contributed by atoms with Crippen LogP contribution in [0.3, 0.4) is 0 Å². The lowest BCUT2D eigenvalue weighted by Crippen LogP contribution is -2.21. The number of nitrogens with one attached hydrogen (secondary N) is 1. The number of halogens is 2. The van der Waals surface area contributed by atoms with Crippen molar-refractivity contribution < 1.29 is 22.7 Å². The zero-order valence-corrected chi connectivity index (χ0v) is 14.1. The second-order valence-corrected chi connectivity index (χ2v) is 5.70. The van der Waals surface area contributed by atoms with Crippen molar-refractivity contribution in [2.75, 3.05) is 12.4 Å². The van der Waals surface area contributed by atoms with Gasteiger partial charge in [0.15, 0.2) is 0 Å². The average Bonchev–Trinajstić information content (AvgIpc) is 2.60. The number of ether oxygens (including phenoxy) is 1. The zero-order chi connectivity index (χ0) is 18.8. The van der Waals surface area contributed by atoms with Crippen LogP contribution < -0.4 is 15.7 Å². The first kappa shape index (κ1) is 17.6. The highest BCUT2D eigenvalue weighted by Crippen LogP contribution is 2.24. The van der Waals surface area contributed by atoms with Crippen molar-refractivity contribution in [2.24, 2.45) is 0 Å². The second kappa shape index (κ2) is 6.95. The van der Waals surface area contributed by atoms with Gasteiger partial charge in [0.25, 0.3) is 0 Å². The predicted molar refractivity (Wildman–Crippen MR) is 92.5 cm³/mol. The molecule has 0 radical (unpaired) electrons. The van der Waals surface area contributed by atoms with Crippen molar-refractivity contribution >= 4 is 22.6 Å². The summed E-state index contributed by atoms with van der Waals surface area (Å²) < 4.78 is 36.9. The second-order valence-electron chi connectivity index (χ2n) is 5.70. The molecule has 0 saturated heterocycles. The highest BCUT2D eigenvalue weighted by Gasteiger charge is 2.16. The van der Waals surface area contributed by atoms with Gasteiger partial charge in [-0.05, 0) is 36.8 Å². The Morgan fingerprint density at radius 3 is 2.65 bits per heavy atom. The Morgan fingerprint density at radius 2 is 1.96 bits per heavy atom. The first-order valence-electron chi connectivity index (χ1n) is 7.74. The van der Waals surface area contributed by atoms with E-state index < -0.39 is 23.2 Å². The van der Waals surface area contributed by atoms with E-state index >= 15 is 0 Å². The molecular weight excluding hydrogens is 344 g/mol. The fourth-order valence-electron chi connectivity index (χ4n) is 2.65. The van der Waals surface area contributed by atoms with E-state index in [2.05, 4.69) is 5.32 Å². The van der Waals surface area contributed by atoms with Crippen molar-refractivity contribution in [3.05, 3.63) is 69.6 Å². The average molecular weight is 359 g/mol. The number of fused-ring (bicyclic) bond motifs is 1. The first-order chi connectivity index (χ1) is 12.4. The van der Waals surface area contributed by atoms with Gasteiger partial charge in [-0.3, -0.25) is 4.79 Å². The molecule has 1 aromatic heterocycles. The van der Waals surface area contributed by atoms with Crippen LogP contribution in [-0.4, -0.2) is 13.0 Å². The Hall–Kier alpha value is -3.22. The quantitative estimate of drug-likeness (QED) is 0.723. The summed E-state index contributed by atoms with van der Waals surface area (Å²) in [5.74, 6) is -1.72. The van der Waals surface area contributed by atoms with E-state index in [1.54, 1.807) is 25.1 Å². The Kier molecular flexibility index (Phi) is 4.71. The van der Waals surface area contributed by atoms with Crippen molar-refractivity contribution in [3.63, 3.8) is 0 Å². The molecule has 0 aliphatic heterocycles. The minimum absolute atomic E-state index is 0.163. The maximum atomic E-state index is 13.6. The smallest absolute Gasteiger partial charge is 0.340 e. The van der Waals surface area contributed by atoms with Gasteiger partial charge in [0, 0.05) is 17.5 Å². The van der Waals surface area contributed by atoms with Gasteiger partial charge in [-0.2, -0.15) is 0 Å². The van der Waals surface area contributed by atoms with Gasteiger partial charge in [-0.1, -0.05) is 0 Å². The third-order valence-corrected chi connectivity index (χ3v) is 4.04. The fraction of sp³-hybridized carbons (Fsp3) is 0.158. The van der Waals surface area contributed by atoms with Gasteiger partial charge in [0.2, 0.25) is 5.91 Å². The molecule has 1 amide bonds. The van der Waals surface area contributed by atoms with Crippen molar-refractivity contribution in [3.8, 4) is 5.75 Å². The highest BCUT2D eigenvalue weighted by molar-refractivity contribution is 5.93. The molecule has 0 unspecified atom stereocenters. The molecule has 2 aromatic carbocycles. The van der Waals surface area contributed by atoms with E-state index in [0.29, 0.717) is 28.3 Å². The number of hydrogen-bond donors (Lipinski definition) is 1. The molecule has 5 nitrogen and oxygen atoms in total. The van der Waals surface area contributed by atoms with Crippen LogP contribution in [0.4, 0.5) is 14.5 Å². The van der Waals surface area contributed by atoms with E-state index in [-0.39, 0.29) is 17.7 Å². The Balaban J connectivity index is 1.90. The lowest BCUT2D eigenvalue weighted by molar-refractivity contribution is -0.115. The van der Waals surface area contributed by atoms with Gasteiger partial charge >= 0.3 is 5.63 Å².